The first-order valence-electron chi connectivity index (χ1n) is 5.30. The lowest BCUT2D eigenvalue weighted by Crippen LogP contribution is -2.43. The van der Waals surface area contributed by atoms with Crippen LogP contribution in [-0.2, 0) is 16.1 Å². The van der Waals surface area contributed by atoms with Gasteiger partial charge in [0.15, 0.2) is 0 Å². The molecule has 0 spiro atoms. The number of hydrogen-bond acceptors (Lipinski definition) is 3. The monoisotopic (exact) mass is 237 g/mol. The van der Waals surface area contributed by atoms with E-state index >= 15 is 0 Å². The van der Waals surface area contributed by atoms with Gasteiger partial charge in [-0.2, -0.15) is 0 Å². The molecule has 1 aromatic rings. The summed E-state index contributed by atoms with van der Waals surface area (Å²) in [6.45, 7) is 0.639. The average molecular weight is 238 g/mol. The van der Waals surface area contributed by atoms with Gasteiger partial charge in [0.05, 0.1) is 7.11 Å². The first-order valence-corrected chi connectivity index (χ1v) is 5.67. The lowest BCUT2D eigenvalue weighted by atomic mass is 9.96. The third-order valence-corrected chi connectivity index (χ3v) is 3.98. The molecule has 1 aromatic carbocycles. The van der Waals surface area contributed by atoms with Gasteiger partial charge in [-0.3, -0.25) is 10.1 Å². The van der Waals surface area contributed by atoms with Gasteiger partial charge in [-0.05, 0) is 23.6 Å². The van der Waals surface area contributed by atoms with Crippen molar-refractivity contribution >= 4 is 17.6 Å². The molecule has 4 heteroatoms. The Morgan fingerprint density at radius 1 is 1.62 bits per heavy atom. The maximum Gasteiger partial charge on any atom is 0.326 e. The number of esters is 1. The summed E-state index contributed by atoms with van der Waals surface area (Å²) in [6, 6.07) is 5.87. The van der Waals surface area contributed by atoms with Crippen molar-refractivity contribution in [3.8, 4) is 0 Å². The number of halogens is 1. The van der Waals surface area contributed by atoms with Crippen LogP contribution in [-0.4, -0.2) is 18.6 Å². The molecule has 1 fully saturated rings. The maximum absolute atomic E-state index is 11.7. The number of fused-ring (bicyclic) bond motifs is 3. The zero-order chi connectivity index (χ0) is 11.3. The van der Waals surface area contributed by atoms with Crippen molar-refractivity contribution in [3.63, 3.8) is 0 Å². The van der Waals surface area contributed by atoms with Crippen molar-refractivity contribution in [1.29, 1.82) is 0 Å². The largest absolute Gasteiger partial charge is 0.468 e. The Morgan fingerprint density at radius 3 is 3.19 bits per heavy atom. The Bertz CT molecular complexity index is 474. The molecule has 16 heavy (non-hydrogen) atoms. The molecule has 1 N–H and O–H groups in total. The fourth-order valence-corrected chi connectivity index (χ4v) is 2.90. The van der Waals surface area contributed by atoms with Crippen LogP contribution in [0.25, 0.3) is 0 Å². The minimum atomic E-state index is -0.480. The smallest absolute Gasteiger partial charge is 0.326 e. The molecule has 0 radical (unpaired) electrons. The first-order chi connectivity index (χ1) is 7.69. The van der Waals surface area contributed by atoms with Crippen LogP contribution in [0.3, 0.4) is 0 Å². The number of rotatable bonds is 1. The van der Waals surface area contributed by atoms with Gasteiger partial charge in [0.1, 0.15) is 5.54 Å². The highest BCUT2D eigenvalue weighted by molar-refractivity contribution is 6.31. The number of ether oxygens (including phenoxy) is 1. The summed E-state index contributed by atoms with van der Waals surface area (Å²) in [6.07, 6.45) is 0.813. The van der Waals surface area contributed by atoms with Gasteiger partial charge in [-0.15, -0.1) is 0 Å². The van der Waals surface area contributed by atoms with E-state index in [1.807, 2.05) is 12.1 Å². The van der Waals surface area contributed by atoms with Crippen LogP contribution in [0.5, 0.6) is 0 Å². The van der Waals surface area contributed by atoms with Crippen molar-refractivity contribution in [2.24, 2.45) is 0 Å². The van der Waals surface area contributed by atoms with E-state index in [0.717, 1.165) is 17.0 Å². The highest BCUT2D eigenvalue weighted by Crippen LogP contribution is 2.56. The summed E-state index contributed by atoms with van der Waals surface area (Å²) in [5.74, 6) is 0.0607. The predicted molar refractivity (Wildman–Crippen MR) is 60.4 cm³/mol. The topological polar surface area (TPSA) is 38.3 Å². The quantitative estimate of drug-likeness (QED) is 0.758. The molecule has 2 aliphatic rings. The number of carbonyl (C=O) groups is 1. The Balaban J connectivity index is 2.02. The van der Waals surface area contributed by atoms with Gasteiger partial charge >= 0.3 is 5.97 Å². The van der Waals surface area contributed by atoms with Gasteiger partial charge in [-0.25, -0.2) is 0 Å². The van der Waals surface area contributed by atoms with Crippen LogP contribution in [0.1, 0.15) is 23.5 Å². The normalized spacial score (nSPS) is 30.2. The molecule has 1 saturated carbocycles. The van der Waals surface area contributed by atoms with E-state index in [-0.39, 0.29) is 11.9 Å². The number of benzene rings is 1. The fraction of sp³-hybridized carbons (Fsp3) is 0.417. The second-order valence-electron chi connectivity index (χ2n) is 4.38. The van der Waals surface area contributed by atoms with Crippen LogP contribution >= 0.6 is 11.6 Å². The van der Waals surface area contributed by atoms with Crippen molar-refractivity contribution in [1.82, 2.24) is 5.32 Å². The van der Waals surface area contributed by atoms with E-state index < -0.39 is 5.54 Å². The SMILES string of the molecule is COC(=O)[C@@]12C[C@H]1c1cccc(Cl)c1CN2. The molecular formula is C12H12ClNO2. The third kappa shape index (κ3) is 1.16. The summed E-state index contributed by atoms with van der Waals surface area (Å²) >= 11 is 6.13. The minimum Gasteiger partial charge on any atom is -0.468 e. The summed E-state index contributed by atoms with van der Waals surface area (Å²) in [5, 5.41) is 4.03. The van der Waals surface area contributed by atoms with Gasteiger partial charge in [-0.1, -0.05) is 23.7 Å². The van der Waals surface area contributed by atoms with Crippen molar-refractivity contribution in [2.75, 3.05) is 7.11 Å². The molecule has 0 unspecified atom stereocenters. The number of nitrogens with one attached hydrogen (secondary N) is 1. The first kappa shape index (κ1) is 10.1. The van der Waals surface area contributed by atoms with Gasteiger partial charge < -0.3 is 4.74 Å². The van der Waals surface area contributed by atoms with Crippen LogP contribution in [0.2, 0.25) is 5.02 Å². The highest BCUT2D eigenvalue weighted by atomic mass is 35.5. The molecular weight excluding hydrogens is 226 g/mol. The summed E-state index contributed by atoms with van der Waals surface area (Å²) in [5.41, 5.74) is 1.83. The van der Waals surface area contributed by atoms with E-state index in [0.29, 0.717) is 6.54 Å². The van der Waals surface area contributed by atoms with Crippen LogP contribution in [0.15, 0.2) is 18.2 Å². The average Bonchev–Trinajstić information content (AvgIpc) is 3.04. The fourth-order valence-electron chi connectivity index (χ4n) is 2.65. The Kier molecular flexibility index (Phi) is 2.03. The molecule has 1 aliphatic heterocycles. The van der Waals surface area contributed by atoms with E-state index in [2.05, 4.69) is 11.4 Å². The Hall–Kier alpha value is -1.06. The van der Waals surface area contributed by atoms with Crippen LogP contribution < -0.4 is 5.32 Å². The minimum absolute atomic E-state index is 0.164. The standard InChI is InChI=1S/C12H12ClNO2/c1-16-11(15)12-5-9(12)7-3-2-4-10(13)8(7)6-14-12/h2-4,9,14H,5-6H2,1H3/t9-,12+/m0/s1. The van der Waals surface area contributed by atoms with Crippen molar-refractivity contribution < 1.29 is 9.53 Å². The van der Waals surface area contributed by atoms with Gasteiger partial charge in [0, 0.05) is 17.5 Å². The van der Waals surface area contributed by atoms with E-state index in [1.54, 1.807) is 0 Å². The molecule has 0 amide bonds. The van der Waals surface area contributed by atoms with E-state index in [9.17, 15) is 4.79 Å². The number of methoxy groups -OCH3 is 1. The molecule has 0 saturated heterocycles. The van der Waals surface area contributed by atoms with Crippen molar-refractivity contribution in [2.45, 2.75) is 24.4 Å². The molecule has 0 aromatic heterocycles. The molecule has 2 atom stereocenters. The maximum atomic E-state index is 11.7. The molecule has 1 heterocycles. The van der Waals surface area contributed by atoms with Crippen molar-refractivity contribution in [3.05, 3.63) is 34.3 Å². The second-order valence-corrected chi connectivity index (χ2v) is 4.79. The summed E-state index contributed by atoms with van der Waals surface area (Å²) < 4.78 is 4.85. The lowest BCUT2D eigenvalue weighted by Gasteiger charge is -2.24. The van der Waals surface area contributed by atoms with E-state index in [4.69, 9.17) is 16.3 Å². The number of hydrogen-bond donors (Lipinski definition) is 1. The molecule has 0 bridgehead atoms. The molecule has 84 valence electrons. The highest BCUT2D eigenvalue weighted by Gasteiger charge is 2.63. The summed E-state index contributed by atoms with van der Waals surface area (Å²) in [7, 11) is 1.43. The summed E-state index contributed by atoms with van der Waals surface area (Å²) in [4.78, 5) is 11.7. The van der Waals surface area contributed by atoms with Crippen LogP contribution in [0.4, 0.5) is 0 Å². The molecule has 3 rings (SSSR count). The molecule has 1 aliphatic carbocycles. The van der Waals surface area contributed by atoms with Gasteiger partial charge in [0.2, 0.25) is 0 Å². The zero-order valence-corrected chi connectivity index (χ0v) is 9.67. The lowest BCUT2D eigenvalue weighted by molar-refractivity contribution is -0.144. The predicted octanol–water partition coefficient (Wildman–Crippen LogP) is 1.84. The Morgan fingerprint density at radius 2 is 2.44 bits per heavy atom. The zero-order valence-electron chi connectivity index (χ0n) is 8.92. The van der Waals surface area contributed by atoms with E-state index in [1.165, 1.54) is 12.7 Å². The Labute approximate surface area is 98.7 Å². The number of carbonyl (C=O) groups excluding carboxylic acids is 1. The second kappa shape index (κ2) is 3.22. The molecule has 3 nitrogen and oxygen atoms in total. The van der Waals surface area contributed by atoms with Gasteiger partial charge in [0.25, 0.3) is 0 Å². The third-order valence-electron chi connectivity index (χ3n) is 3.62. The van der Waals surface area contributed by atoms with Crippen LogP contribution in [0, 0.1) is 0 Å².